The van der Waals surface area contributed by atoms with Crippen molar-refractivity contribution in [2.45, 2.75) is 6.92 Å². The van der Waals surface area contributed by atoms with Crippen LogP contribution in [0.4, 0.5) is 11.4 Å². The molecule has 0 aliphatic carbocycles. The van der Waals surface area contributed by atoms with Crippen LogP contribution in [-0.4, -0.2) is 12.5 Å². The molecule has 0 spiro atoms. The van der Waals surface area contributed by atoms with E-state index < -0.39 is 0 Å². The van der Waals surface area contributed by atoms with E-state index in [1.165, 1.54) is 0 Å². The van der Waals surface area contributed by atoms with E-state index in [4.69, 9.17) is 11.6 Å². The van der Waals surface area contributed by atoms with Crippen molar-refractivity contribution in [2.75, 3.05) is 17.2 Å². The lowest BCUT2D eigenvalue weighted by molar-refractivity contribution is -0.114. The van der Waals surface area contributed by atoms with Crippen molar-refractivity contribution in [1.82, 2.24) is 0 Å². The quantitative estimate of drug-likeness (QED) is 0.893. The van der Waals surface area contributed by atoms with Crippen molar-refractivity contribution < 1.29 is 4.79 Å². The van der Waals surface area contributed by atoms with E-state index in [9.17, 15) is 4.79 Å². The van der Waals surface area contributed by atoms with Crippen LogP contribution in [0.25, 0.3) is 0 Å². The molecule has 0 atom stereocenters. The number of nitrogens with one attached hydrogen (secondary N) is 2. The average molecular weight is 275 g/mol. The topological polar surface area (TPSA) is 41.1 Å². The van der Waals surface area contributed by atoms with Gasteiger partial charge in [-0.1, -0.05) is 29.3 Å². The van der Waals surface area contributed by atoms with Crippen LogP contribution in [-0.2, 0) is 4.79 Å². The first-order chi connectivity index (χ1) is 9.13. The third-order valence-corrected chi connectivity index (χ3v) is 2.88. The summed E-state index contributed by atoms with van der Waals surface area (Å²) >= 11 is 5.79. The van der Waals surface area contributed by atoms with E-state index in [1.807, 2.05) is 43.3 Å². The maximum atomic E-state index is 11.7. The zero-order valence-electron chi connectivity index (χ0n) is 10.6. The van der Waals surface area contributed by atoms with Crippen LogP contribution in [0.5, 0.6) is 0 Å². The molecule has 0 radical (unpaired) electrons. The number of benzene rings is 2. The smallest absolute Gasteiger partial charge is 0.243 e. The molecular weight excluding hydrogens is 260 g/mol. The van der Waals surface area contributed by atoms with E-state index in [0.717, 1.165) is 16.9 Å². The van der Waals surface area contributed by atoms with Gasteiger partial charge in [-0.2, -0.15) is 0 Å². The molecule has 0 fully saturated rings. The summed E-state index contributed by atoms with van der Waals surface area (Å²) in [5.41, 5.74) is 2.83. The van der Waals surface area contributed by atoms with E-state index in [-0.39, 0.29) is 12.5 Å². The fourth-order valence-corrected chi connectivity index (χ4v) is 1.72. The highest BCUT2D eigenvalue weighted by atomic mass is 35.5. The zero-order valence-corrected chi connectivity index (χ0v) is 11.4. The fourth-order valence-electron chi connectivity index (χ4n) is 1.59. The minimum Gasteiger partial charge on any atom is -0.376 e. The van der Waals surface area contributed by atoms with Crippen molar-refractivity contribution >= 4 is 28.9 Å². The summed E-state index contributed by atoms with van der Waals surface area (Å²) in [5.74, 6) is -0.0844. The summed E-state index contributed by atoms with van der Waals surface area (Å²) in [6, 6.07) is 14.9. The standard InChI is InChI=1S/C15H15ClN2O/c1-11-2-6-14(7-3-11)18-15(19)10-17-13-8-4-12(16)5-9-13/h2-9,17H,10H2,1H3,(H,18,19). The lowest BCUT2D eigenvalue weighted by Gasteiger charge is -2.08. The molecule has 0 aliphatic heterocycles. The Hall–Kier alpha value is -2.00. The molecule has 98 valence electrons. The summed E-state index contributed by atoms with van der Waals surface area (Å²) < 4.78 is 0. The predicted molar refractivity (Wildman–Crippen MR) is 79.8 cm³/mol. The van der Waals surface area contributed by atoms with Crippen LogP contribution >= 0.6 is 11.6 Å². The second-order valence-corrected chi connectivity index (χ2v) is 4.71. The van der Waals surface area contributed by atoms with Gasteiger partial charge in [0.2, 0.25) is 5.91 Å². The van der Waals surface area contributed by atoms with Crippen molar-refractivity contribution in [3.63, 3.8) is 0 Å². The number of aryl methyl sites for hydroxylation is 1. The molecule has 0 aliphatic rings. The second kappa shape index (κ2) is 6.25. The monoisotopic (exact) mass is 274 g/mol. The van der Waals surface area contributed by atoms with Gasteiger partial charge in [0.15, 0.2) is 0 Å². The maximum Gasteiger partial charge on any atom is 0.243 e. The van der Waals surface area contributed by atoms with Gasteiger partial charge >= 0.3 is 0 Å². The van der Waals surface area contributed by atoms with Gasteiger partial charge in [-0.05, 0) is 43.3 Å². The molecule has 0 saturated heterocycles. The first-order valence-corrected chi connectivity index (χ1v) is 6.37. The average Bonchev–Trinajstić information content (AvgIpc) is 2.41. The SMILES string of the molecule is Cc1ccc(NC(=O)CNc2ccc(Cl)cc2)cc1. The highest BCUT2D eigenvalue weighted by Crippen LogP contribution is 2.13. The van der Waals surface area contributed by atoms with Crippen LogP contribution in [0.1, 0.15) is 5.56 Å². The Morgan fingerprint density at radius 1 is 1.00 bits per heavy atom. The molecule has 2 aromatic rings. The van der Waals surface area contributed by atoms with Crippen LogP contribution in [0.3, 0.4) is 0 Å². The molecule has 0 heterocycles. The predicted octanol–water partition coefficient (Wildman–Crippen LogP) is 3.70. The van der Waals surface area contributed by atoms with Gasteiger partial charge in [0.1, 0.15) is 0 Å². The molecule has 4 heteroatoms. The van der Waals surface area contributed by atoms with Gasteiger partial charge in [0, 0.05) is 16.4 Å². The fraction of sp³-hybridized carbons (Fsp3) is 0.133. The largest absolute Gasteiger partial charge is 0.376 e. The number of halogens is 1. The number of rotatable bonds is 4. The van der Waals surface area contributed by atoms with Crippen LogP contribution in [0, 0.1) is 6.92 Å². The first-order valence-electron chi connectivity index (χ1n) is 5.99. The number of hydrogen-bond donors (Lipinski definition) is 2. The summed E-state index contributed by atoms with van der Waals surface area (Å²) in [6.45, 7) is 2.23. The van der Waals surface area contributed by atoms with Crippen molar-refractivity contribution in [1.29, 1.82) is 0 Å². The van der Waals surface area contributed by atoms with E-state index in [2.05, 4.69) is 10.6 Å². The molecule has 2 N–H and O–H groups in total. The number of anilines is 2. The van der Waals surface area contributed by atoms with Gasteiger partial charge in [-0.3, -0.25) is 4.79 Å². The molecular formula is C15H15ClN2O. The lowest BCUT2D eigenvalue weighted by Crippen LogP contribution is -2.21. The van der Waals surface area contributed by atoms with Gasteiger partial charge in [-0.25, -0.2) is 0 Å². The van der Waals surface area contributed by atoms with Crippen LogP contribution < -0.4 is 10.6 Å². The van der Waals surface area contributed by atoms with E-state index >= 15 is 0 Å². The Morgan fingerprint density at radius 3 is 2.21 bits per heavy atom. The van der Waals surface area contributed by atoms with Gasteiger partial charge < -0.3 is 10.6 Å². The second-order valence-electron chi connectivity index (χ2n) is 4.27. The third-order valence-electron chi connectivity index (χ3n) is 2.63. The minimum absolute atomic E-state index is 0.0844. The van der Waals surface area contributed by atoms with Gasteiger partial charge in [0.05, 0.1) is 6.54 Å². The Morgan fingerprint density at radius 2 is 1.58 bits per heavy atom. The van der Waals surface area contributed by atoms with Crippen molar-refractivity contribution in [3.8, 4) is 0 Å². The Kier molecular flexibility index (Phi) is 4.42. The molecule has 19 heavy (non-hydrogen) atoms. The Bertz CT molecular complexity index is 549. The van der Waals surface area contributed by atoms with Crippen molar-refractivity contribution in [2.24, 2.45) is 0 Å². The maximum absolute atomic E-state index is 11.7. The number of amides is 1. The number of carbonyl (C=O) groups is 1. The summed E-state index contributed by atoms with van der Waals surface area (Å²) in [4.78, 5) is 11.7. The van der Waals surface area contributed by atoms with E-state index in [0.29, 0.717) is 5.02 Å². The Balaban J connectivity index is 1.84. The van der Waals surface area contributed by atoms with Crippen LogP contribution in [0.2, 0.25) is 5.02 Å². The molecule has 0 aromatic heterocycles. The van der Waals surface area contributed by atoms with E-state index in [1.54, 1.807) is 12.1 Å². The third kappa shape index (κ3) is 4.30. The molecule has 2 rings (SSSR count). The van der Waals surface area contributed by atoms with Gasteiger partial charge in [-0.15, -0.1) is 0 Å². The van der Waals surface area contributed by atoms with Gasteiger partial charge in [0.25, 0.3) is 0 Å². The summed E-state index contributed by atoms with van der Waals surface area (Å²) in [5, 5.41) is 6.53. The molecule has 0 unspecified atom stereocenters. The summed E-state index contributed by atoms with van der Waals surface area (Å²) in [6.07, 6.45) is 0. The number of carbonyl (C=O) groups excluding carboxylic acids is 1. The zero-order chi connectivity index (χ0) is 13.7. The minimum atomic E-state index is -0.0844. The van der Waals surface area contributed by atoms with Crippen LogP contribution in [0.15, 0.2) is 48.5 Å². The molecule has 2 aromatic carbocycles. The molecule has 0 bridgehead atoms. The molecule has 1 amide bonds. The first kappa shape index (κ1) is 13.4. The summed E-state index contributed by atoms with van der Waals surface area (Å²) in [7, 11) is 0. The highest BCUT2D eigenvalue weighted by Gasteiger charge is 2.02. The molecule has 0 saturated carbocycles. The van der Waals surface area contributed by atoms with Crippen molar-refractivity contribution in [3.05, 3.63) is 59.1 Å². The number of hydrogen-bond acceptors (Lipinski definition) is 2. The normalized spacial score (nSPS) is 10.0. The highest BCUT2D eigenvalue weighted by molar-refractivity contribution is 6.30. The Labute approximate surface area is 117 Å². The molecule has 3 nitrogen and oxygen atoms in total. The lowest BCUT2D eigenvalue weighted by atomic mass is 10.2.